The summed E-state index contributed by atoms with van der Waals surface area (Å²) in [5.41, 5.74) is 5.50. The van der Waals surface area contributed by atoms with Crippen LogP contribution in [0.15, 0.2) is 113 Å². The topological polar surface area (TPSA) is 78.8 Å². The van der Waals surface area contributed by atoms with E-state index in [1.807, 2.05) is 74.5 Å². The molecule has 0 saturated heterocycles. The first-order valence-corrected chi connectivity index (χ1v) is 13.7. The zero-order valence-corrected chi connectivity index (χ0v) is 21.9. The number of aryl methyl sites for hydroxylation is 2. The van der Waals surface area contributed by atoms with E-state index in [1.54, 1.807) is 30.5 Å². The van der Waals surface area contributed by atoms with Crippen LogP contribution in [0.3, 0.4) is 0 Å². The van der Waals surface area contributed by atoms with Gasteiger partial charge in [0.1, 0.15) is 6.54 Å². The highest BCUT2D eigenvalue weighted by molar-refractivity contribution is 7.92. The maximum atomic E-state index is 13.6. The minimum Gasteiger partial charge on any atom is -0.271 e. The van der Waals surface area contributed by atoms with Crippen LogP contribution in [0.1, 0.15) is 16.7 Å². The molecule has 1 amide bonds. The van der Waals surface area contributed by atoms with Gasteiger partial charge in [-0.15, -0.1) is 0 Å². The van der Waals surface area contributed by atoms with Gasteiger partial charge < -0.3 is 0 Å². The van der Waals surface area contributed by atoms with Crippen molar-refractivity contribution in [1.82, 2.24) is 5.43 Å². The molecule has 0 spiro atoms. The molecule has 0 bridgehead atoms. The average Bonchev–Trinajstić information content (AvgIpc) is 2.93. The number of hydrazone groups is 1. The van der Waals surface area contributed by atoms with Crippen molar-refractivity contribution < 1.29 is 13.2 Å². The lowest BCUT2D eigenvalue weighted by atomic mass is 9.97. The van der Waals surface area contributed by atoms with E-state index < -0.39 is 22.5 Å². The van der Waals surface area contributed by atoms with Gasteiger partial charge in [0.2, 0.25) is 0 Å². The second kappa shape index (κ2) is 10.5. The lowest BCUT2D eigenvalue weighted by Gasteiger charge is -2.25. The van der Waals surface area contributed by atoms with Crippen LogP contribution in [-0.2, 0) is 14.8 Å². The second-order valence-corrected chi connectivity index (χ2v) is 11.0. The van der Waals surface area contributed by atoms with Crippen LogP contribution in [0, 0.1) is 13.8 Å². The molecule has 7 heteroatoms. The molecule has 0 aliphatic carbocycles. The van der Waals surface area contributed by atoms with Gasteiger partial charge in [0, 0.05) is 5.56 Å². The molecule has 0 saturated carbocycles. The zero-order chi connectivity index (χ0) is 26.7. The molecule has 190 valence electrons. The summed E-state index contributed by atoms with van der Waals surface area (Å²) in [5.74, 6) is -0.550. The van der Waals surface area contributed by atoms with Crippen LogP contribution in [0.5, 0.6) is 0 Å². The number of hydrogen-bond donors (Lipinski definition) is 1. The van der Waals surface area contributed by atoms with E-state index in [0.29, 0.717) is 5.69 Å². The highest BCUT2D eigenvalue weighted by Crippen LogP contribution is 2.29. The number of amides is 1. The number of hydrogen-bond acceptors (Lipinski definition) is 4. The number of sulfonamides is 1. The monoisotopic (exact) mass is 521 g/mol. The summed E-state index contributed by atoms with van der Waals surface area (Å²) < 4.78 is 28.4. The fourth-order valence-electron chi connectivity index (χ4n) is 4.53. The summed E-state index contributed by atoms with van der Waals surface area (Å²) in [6.07, 6.45) is 1.62. The summed E-state index contributed by atoms with van der Waals surface area (Å²) >= 11 is 0. The molecule has 0 radical (unpaired) electrons. The minimum atomic E-state index is -4.00. The molecule has 5 rings (SSSR count). The predicted molar refractivity (Wildman–Crippen MR) is 154 cm³/mol. The lowest BCUT2D eigenvalue weighted by molar-refractivity contribution is -0.119. The van der Waals surface area contributed by atoms with Gasteiger partial charge in [0.15, 0.2) is 0 Å². The van der Waals surface area contributed by atoms with Crippen LogP contribution >= 0.6 is 0 Å². The number of carbonyl (C=O) groups excluding carboxylic acids is 1. The Morgan fingerprint density at radius 1 is 0.816 bits per heavy atom. The van der Waals surface area contributed by atoms with Gasteiger partial charge in [-0.25, -0.2) is 13.8 Å². The number of anilines is 1. The van der Waals surface area contributed by atoms with Crippen LogP contribution < -0.4 is 9.73 Å². The molecule has 5 aromatic carbocycles. The van der Waals surface area contributed by atoms with Crippen molar-refractivity contribution in [3.05, 3.63) is 120 Å². The van der Waals surface area contributed by atoms with E-state index in [2.05, 4.69) is 16.6 Å². The van der Waals surface area contributed by atoms with E-state index in [4.69, 9.17) is 0 Å². The van der Waals surface area contributed by atoms with E-state index in [9.17, 15) is 13.2 Å². The van der Waals surface area contributed by atoms with E-state index >= 15 is 0 Å². The van der Waals surface area contributed by atoms with Gasteiger partial charge >= 0.3 is 0 Å². The standard InChI is InChI=1S/C31H27N3O3S/c1-22-16-17-23(2)30(18-22)34(38(36,37)26-12-4-3-5-13-26)21-31(35)33-32-20-29-27-14-8-6-10-24(27)19-25-11-7-9-15-28(25)29/h3-20H,21H2,1-2H3,(H,33,35)/b32-20-. The van der Waals surface area contributed by atoms with Crippen LogP contribution in [0.2, 0.25) is 0 Å². The maximum absolute atomic E-state index is 13.6. The average molecular weight is 522 g/mol. The number of carbonyl (C=O) groups is 1. The number of rotatable bonds is 7. The van der Waals surface area contributed by atoms with Gasteiger partial charge in [-0.1, -0.05) is 78.9 Å². The molecule has 6 nitrogen and oxygen atoms in total. The number of nitrogens with one attached hydrogen (secondary N) is 1. The summed E-state index contributed by atoms with van der Waals surface area (Å²) in [7, 11) is -4.00. The van der Waals surface area contributed by atoms with Gasteiger partial charge in [-0.05, 0) is 70.8 Å². The minimum absolute atomic E-state index is 0.111. The summed E-state index contributed by atoms with van der Waals surface area (Å²) in [6.45, 7) is 3.29. The Labute approximate surface area is 222 Å². The van der Waals surface area contributed by atoms with E-state index in [1.165, 1.54) is 12.1 Å². The van der Waals surface area contributed by atoms with Crippen molar-refractivity contribution in [2.24, 2.45) is 5.10 Å². The Hall–Kier alpha value is -4.49. The van der Waals surface area contributed by atoms with Crippen LogP contribution in [-0.4, -0.2) is 27.1 Å². The molecule has 1 N–H and O–H groups in total. The normalized spacial score (nSPS) is 11.7. The number of benzene rings is 5. The van der Waals surface area contributed by atoms with Crippen LogP contribution in [0.4, 0.5) is 5.69 Å². The molecule has 0 atom stereocenters. The van der Waals surface area contributed by atoms with E-state index in [-0.39, 0.29) is 4.90 Å². The van der Waals surface area contributed by atoms with Crippen molar-refractivity contribution >= 4 is 49.4 Å². The Morgan fingerprint density at radius 2 is 1.42 bits per heavy atom. The van der Waals surface area contributed by atoms with Crippen molar-refractivity contribution in [3.8, 4) is 0 Å². The molecule has 0 aromatic heterocycles. The first-order chi connectivity index (χ1) is 18.3. The molecule has 38 heavy (non-hydrogen) atoms. The largest absolute Gasteiger partial charge is 0.271 e. The molecule has 5 aromatic rings. The van der Waals surface area contributed by atoms with Gasteiger partial charge in [-0.2, -0.15) is 5.10 Å². The van der Waals surface area contributed by atoms with Gasteiger partial charge in [-0.3, -0.25) is 9.10 Å². The molecular weight excluding hydrogens is 494 g/mol. The first-order valence-electron chi connectivity index (χ1n) is 12.2. The van der Waals surface area contributed by atoms with Crippen molar-refractivity contribution in [3.63, 3.8) is 0 Å². The molecule has 0 unspecified atom stereocenters. The molecule has 0 fully saturated rings. The SMILES string of the molecule is Cc1ccc(C)c(N(CC(=O)N/N=C\c2c3ccccc3cc3ccccc23)S(=O)(=O)c2ccccc2)c1. The van der Waals surface area contributed by atoms with Crippen molar-refractivity contribution in [2.75, 3.05) is 10.8 Å². The summed E-state index contributed by atoms with van der Waals surface area (Å²) in [6, 6.07) is 31.7. The summed E-state index contributed by atoms with van der Waals surface area (Å²) in [5, 5.41) is 8.38. The zero-order valence-electron chi connectivity index (χ0n) is 21.1. The highest BCUT2D eigenvalue weighted by Gasteiger charge is 2.28. The molecule has 0 heterocycles. The fraction of sp³-hybridized carbons (Fsp3) is 0.0968. The van der Waals surface area contributed by atoms with E-state index in [0.717, 1.165) is 42.5 Å². The third-order valence-corrected chi connectivity index (χ3v) is 8.22. The Morgan fingerprint density at radius 3 is 2.08 bits per heavy atom. The first kappa shape index (κ1) is 25.2. The molecule has 0 aliphatic rings. The Balaban J connectivity index is 1.47. The third kappa shape index (κ3) is 5.01. The molecular formula is C31H27N3O3S. The van der Waals surface area contributed by atoms with Gasteiger partial charge in [0.25, 0.3) is 15.9 Å². The Kier molecular flexibility index (Phi) is 6.94. The van der Waals surface area contributed by atoms with Crippen molar-refractivity contribution in [2.45, 2.75) is 18.7 Å². The second-order valence-electron chi connectivity index (χ2n) is 9.14. The number of nitrogens with zero attached hydrogens (tertiary/aromatic N) is 2. The third-order valence-electron chi connectivity index (χ3n) is 6.45. The van der Waals surface area contributed by atoms with Gasteiger partial charge in [0.05, 0.1) is 16.8 Å². The highest BCUT2D eigenvalue weighted by atomic mass is 32.2. The van der Waals surface area contributed by atoms with Crippen molar-refractivity contribution in [1.29, 1.82) is 0 Å². The predicted octanol–water partition coefficient (Wildman–Crippen LogP) is 5.96. The summed E-state index contributed by atoms with van der Waals surface area (Å²) in [4.78, 5) is 13.2. The quantitative estimate of drug-likeness (QED) is 0.163. The maximum Gasteiger partial charge on any atom is 0.264 e. The Bertz CT molecular complexity index is 1730. The number of fused-ring (bicyclic) bond motifs is 2. The fourth-order valence-corrected chi connectivity index (χ4v) is 6.03. The smallest absolute Gasteiger partial charge is 0.264 e. The lowest BCUT2D eigenvalue weighted by Crippen LogP contribution is -2.40. The van der Waals surface area contributed by atoms with Crippen LogP contribution in [0.25, 0.3) is 21.5 Å². The molecule has 0 aliphatic heterocycles.